The molecule has 2 aromatic rings. The summed E-state index contributed by atoms with van der Waals surface area (Å²) in [4.78, 5) is 4.44. The number of nitrogens with zero attached hydrogens (tertiary/aromatic N) is 2. The number of alkyl halides is 1. The molecule has 0 unspecified atom stereocenters. The summed E-state index contributed by atoms with van der Waals surface area (Å²) < 4.78 is 12.5. The van der Waals surface area contributed by atoms with Gasteiger partial charge in [-0.15, -0.1) is 0 Å². The van der Waals surface area contributed by atoms with E-state index < -0.39 is 12.7 Å². The number of benzene rings is 2. The Morgan fingerprint density at radius 2 is 1.50 bits per heavy atom. The number of aliphatic imine (C=N–C) groups is 1. The Balaban J connectivity index is 2.45. The molecule has 3 heteroatoms. The van der Waals surface area contributed by atoms with Gasteiger partial charge in [0.05, 0.1) is 18.5 Å². The second-order valence-corrected chi connectivity index (χ2v) is 4.33. The van der Waals surface area contributed by atoms with E-state index in [-0.39, 0.29) is 6.42 Å². The highest BCUT2D eigenvalue weighted by Gasteiger charge is 2.11. The molecule has 0 fully saturated rings. The van der Waals surface area contributed by atoms with Crippen LogP contribution in [-0.4, -0.2) is 18.4 Å². The predicted octanol–water partition coefficient (Wildman–Crippen LogP) is 3.78. The molecule has 2 rings (SSSR count). The summed E-state index contributed by atoms with van der Waals surface area (Å²) in [5.41, 5.74) is 2.59. The van der Waals surface area contributed by atoms with Crippen molar-refractivity contribution in [1.29, 1.82) is 5.26 Å². The van der Waals surface area contributed by atoms with E-state index in [2.05, 4.69) is 4.99 Å². The third-order valence-electron chi connectivity index (χ3n) is 2.91. The predicted molar refractivity (Wildman–Crippen MR) is 78.5 cm³/mol. The van der Waals surface area contributed by atoms with Crippen molar-refractivity contribution in [1.82, 2.24) is 0 Å². The molecule has 2 aromatic carbocycles. The molecule has 0 aliphatic rings. The fourth-order valence-electron chi connectivity index (χ4n) is 1.92. The van der Waals surface area contributed by atoms with E-state index in [4.69, 9.17) is 5.26 Å². The molecule has 0 heterocycles. The van der Waals surface area contributed by atoms with Gasteiger partial charge in [0.15, 0.2) is 0 Å². The Bertz CT molecular complexity index is 558. The minimum atomic E-state index is -0.657. The van der Waals surface area contributed by atoms with Crippen molar-refractivity contribution in [2.45, 2.75) is 12.5 Å². The SMILES string of the molecule is N#C[C@H](CCF)N=C(c1ccccc1)c1ccccc1. The van der Waals surface area contributed by atoms with Gasteiger partial charge in [-0.2, -0.15) is 5.26 Å². The zero-order valence-corrected chi connectivity index (χ0v) is 11.0. The lowest BCUT2D eigenvalue weighted by atomic mass is 10.0. The summed E-state index contributed by atoms with van der Waals surface area (Å²) in [6, 6.07) is 20.7. The van der Waals surface area contributed by atoms with Crippen molar-refractivity contribution in [2.24, 2.45) is 4.99 Å². The fraction of sp³-hybridized carbons (Fsp3) is 0.176. The average molecular weight is 266 g/mol. The molecule has 0 amide bonds. The number of hydrogen-bond donors (Lipinski definition) is 0. The maximum Gasteiger partial charge on any atom is 0.139 e. The topological polar surface area (TPSA) is 36.1 Å². The second kappa shape index (κ2) is 7.20. The van der Waals surface area contributed by atoms with Crippen molar-refractivity contribution < 1.29 is 4.39 Å². The molecular weight excluding hydrogens is 251 g/mol. The molecule has 0 aliphatic heterocycles. The van der Waals surface area contributed by atoms with Crippen LogP contribution in [0, 0.1) is 11.3 Å². The zero-order chi connectivity index (χ0) is 14.2. The molecule has 0 bridgehead atoms. The van der Waals surface area contributed by atoms with Gasteiger partial charge in [0, 0.05) is 17.5 Å². The Hall–Kier alpha value is -2.47. The molecule has 0 aliphatic carbocycles. The number of rotatable bonds is 5. The lowest BCUT2D eigenvalue weighted by molar-refractivity contribution is 0.461. The van der Waals surface area contributed by atoms with Gasteiger partial charge >= 0.3 is 0 Å². The third-order valence-corrected chi connectivity index (χ3v) is 2.91. The highest BCUT2D eigenvalue weighted by molar-refractivity contribution is 6.13. The van der Waals surface area contributed by atoms with Gasteiger partial charge in [-0.3, -0.25) is 9.38 Å². The summed E-state index contributed by atoms with van der Waals surface area (Å²) in [5, 5.41) is 9.08. The Labute approximate surface area is 118 Å². The van der Waals surface area contributed by atoms with Crippen LogP contribution in [0.1, 0.15) is 17.5 Å². The molecule has 0 saturated carbocycles. The molecule has 20 heavy (non-hydrogen) atoms. The zero-order valence-electron chi connectivity index (χ0n) is 11.0. The highest BCUT2D eigenvalue weighted by atomic mass is 19.1. The first-order chi connectivity index (χ1) is 9.85. The van der Waals surface area contributed by atoms with Crippen molar-refractivity contribution >= 4 is 5.71 Å². The van der Waals surface area contributed by atoms with E-state index in [1.54, 1.807) is 0 Å². The molecule has 1 atom stereocenters. The van der Waals surface area contributed by atoms with E-state index in [0.29, 0.717) is 0 Å². The lowest BCUT2D eigenvalue weighted by Gasteiger charge is -2.09. The smallest absolute Gasteiger partial charge is 0.139 e. The highest BCUT2D eigenvalue weighted by Crippen LogP contribution is 2.13. The van der Waals surface area contributed by atoms with Gasteiger partial charge in [0.25, 0.3) is 0 Å². The Morgan fingerprint density at radius 1 is 1.00 bits per heavy atom. The van der Waals surface area contributed by atoms with E-state index in [9.17, 15) is 4.39 Å². The second-order valence-electron chi connectivity index (χ2n) is 4.33. The van der Waals surface area contributed by atoms with Crippen LogP contribution < -0.4 is 0 Å². The Morgan fingerprint density at radius 3 is 1.90 bits per heavy atom. The molecule has 0 N–H and O–H groups in total. The fourth-order valence-corrected chi connectivity index (χ4v) is 1.92. The molecule has 2 nitrogen and oxygen atoms in total. The van der Waals surface area contributed by atoms with Gasteiger partial charge in [0.2, 0.25) is 0 Å². The van der Waals surface area contributed by atoms with E-state index in [1.165, 1.54) is 0 Å². The summed E-state index contributed by atoms with van der Waals surface area (Å²) in [6.07, 6.45) is 0.125. The van der Waals surface area contributed by atoms with Crippen LogP contribution in [0.25, 0.3) is 0 Å². The third kappa shape index (κ3) is 3.52. The normalized spacial score (nSPS) is 11.4. The van der Waals surface area contributed by atoms with Gasteiger partial charge in [-0.05, 0) is 0 Å². The van der Waals surface area contributed by atoms with E-state index in [0.717, 1.165) is 16.8 Å². The Kier molecular flexibility index (Phi) is 5.02. The number of nitriles is 1. The monoisotopic (exact) mass is 266 g/mol. The summed E-state index contributed by atoms with van der Waals surface area (Å²) >= 11 is 0. The molecule has 0 aromatic heterocycles. The van der Waals surface area contributed by atoms with Crippen molar-refractivity contribution in [3.63, 3.8) is 0 Å². The number of halogens is 1. The van der Waals surface area contributed by atoms with E-state index >= 15 is 0 Å². The molecule has 0 saturated heterocycles. The van der Waals surface area contributed by atoms with E-state index in [1.807, 2.05) is 66.7 Å². The molecule has 100 valence electrons. The summed E-state index contributed by atoms with van der Waals surface area (Å²) in [7, 11) is 0. The van der Waals surface area contributed by atoms with Gasteiger partial charge in [-0.1, -0.05) is 60.7 Å². The van der Waals surface area contributed by atoms with Gasteiger partial charge < -0.3 is 0 Å². The first kappa shape index (κ1) is 14.0. The largest absolute Gasteiger partial charge is 0.265 e. The first-order valence-corrected chi connectivity index (χ1v) is 6.49. The minimum Gasteiger partial charge on any atom is -0.265 e. The minimum absolute atomic E-state index is 0.125. The van der Waals surface area contributed by atoms with Crippen LogP contribution in [-0.2, 0) is 0 Å². The van der Waals surface area contributed by atoms with Crippen molar-refractivity contribution in [2.75, 3.05) is 6.67 Å². The van der Waals surface area contributed by atoms with Gasteiger partial charge in [0.1, 0.15) is 6.04 Å². The van der Waals surface area contributed by atoms with Crippen molar-refractivity contribution in [3.8, 4) is 6.07 Å². The van der Waals surface area contributed by atoms with Crippen LogP contribution in [0.2, 0.25) is 0 Å². The van der Waals surface area contributed by atoms with Crippen molar-refractivity contribution in [3.05, 3.63) is 71.8 Å². The summed E-state index contributed by atoms with van der Waals surface area (Å²) in [5.74, 6) is 0. The van der Waals surface area contributed by atoms with Crippen LogP contribution in [0.5, 0.6) is 0 Å². The van der Waals surface area contributed by atoms with Crippen LogP contribution in [0.15, 0.2) is 65.7 Å². The maximum atomic E-state index is 12.5. The van der Waals surface area contributed by atoms with Gasteiger partial charge in [-0.25, -0.2) is 0 Å². The number of hydrogen-bond acceptors (Lipinski definition) is 2. The van der Waals surface area contributed by atoms with Crippen LogP contribution in [0.3, 0.4) is 0 Å². The molecular formula is C17H15FN2. The molecule has 0 spiro atoms. The average Bonchev–Trinajstić information content (AvgIpc) is 2.53. The van der Waals surface area contributed by atoms with Crippen LogP contribution >= 0.6 is 0 Å². The first-order valence-electron chi connectivity index (χ1n) is 6.49. The standard InChI is InChI=1S/C17H15FN2/c18-12-11-16(13-19)20-17(14-7-3-1-4-8-14)15-9-5-2-6-10-15/h1-10,16H,11-12H2/t16-/m0/s1. The summed E-state index contributed by atoms with van der Waals surface area (Å²) in [6.45, 7) is -0.543. The quantitative estimate of drug-likeness (QED) is 0.759. The maximum absolute atomic E-state index is 12.5. The van der Waals surface area contributed by atoms with Crippen LogP contribution in [0.4, 0.5) is 4.39 Å². The molecule has 0 radical (unpaired) electrons. The lowest BCUT2D eigenvalue weighted by Crippen LogP contribution is -2.10.